The lowest BCUT2D eigenvalue weighted by Gasteiger charge is -2.21. The van der Waals surface area contributed by atoms with Crippen LogP contribution in [0.5, 0.6) is 0 Å². The molecular formula is C41H33N3. The summed E-state index contributed by atoms with van der Waals surface area (Å²) < 4.78 is 2.47. The second-order valence-electron chi connectivity index (χ2n) is 12.2. The Morgan fingerprint density at radius 2 is 1.25 bits per heavy atom. The van der Waals surface area contributed by atoms with Crippen molar-refractivity contribution in [3.05, 3.63) is 162 Å². The van der Waals surface area contributed by atoms with E-state index in [1.165, 1.54) is 60.8 Å². The highest BCUT2D eigenvalue weighted by Gasteiger charge is 2.37. The van der Waals surface area contributed by atoms with Crippen LogP contribution in [0.4, 0.5) is 0 Å². The second kappa shape index (κ2) is 10.5. The minimum Gasteiger partial charge on any atom is -0.309 e. The number of benzene rings is 6. The zero-order valence-electron chi connectivity index (χ0n) is 25.0. The Hall–Kier alpha value is -5.28. The van der Waals surface area contributed by atoms with E-state index in [2.05, 4.69) is 150 Å². The minimum atomic E-state index is -0.0718. The van der Waals surface area contributed by atoms with Crippen molar-refractivity contribution in [1.82, 2.24) is 4.57 Å². The SMILES string of the molecule is CC1(C)c2ccccc2-c2c1ccc1c3cc(-c4ccccc4)ccc3n(-c3cccc(C/N=N\Cc4ccccc4)c3)c21. The number of hydrogen-bond acceptors (Lipinski definition) is 2. The predicted molar refractivity (Wildman–Crippen MR) is 182 cm³/mol. The molecule has 0 aliphatic heterocycles. The quantitative estimate of drug-likeness (QED) is 0.179. The lowest BCUT2D eigenvalue weighted by atomic mass is 9.82. The molecule has 212 valence electrons. The van der Waals surface area contributed by atoms with Gasteiger partial charge in [-0.05, 0) is 63.2 Å². The van der Waals surface area contributed by atoms with Crippen molar-refractivity contribution in [2.24, 2.45) is 10.2 Å². The first-order valence-electron chi connectivity index (χ1n) is 15.3. The Kier molecular flexibility index (Phi) is 6.27. The number of aromatic nitrogens is 1. The van der Waals surface area contributed by atoms with E-state index in [1.807, 2.05) is 18.2 Å². The third-order valence-corrected chi connectivity index (χ3v) is 9.20. The van der Waals surface area contributed by atoms with Gasteiger partial charge in [0.15, 0.2) is 0 Å². The zero-order chi connectivity index (χ0) is 29.7. The highest BCUT2D eigenvalue weighted by molar-refractivity contribution is 6.16. The Labute approximate surface area is 258 Å². The van der Waals surface area contributed by atoms with Crippen molar-refractivity contribution in [3.8, 4) is 27.9 Å². The topological polar surface area (TPSA) is 29.6 Å². The van der Waals surface area contributed by atoms with Crippen molar-refractivity contribution in [3.63, 3.8) is 0 Å². The normalized spacial score (nSPS) is 13.5. The molecule has 0 saturated carbocycles. The van der Waals surface area contributed by atoms with Gasteiger partial charge in [-0.1, -0.05) is 129 Å². The molecule has 0 unspecified atom stereocenters. The average molecular weight is 568 g/mol. The molecule has 0 amide bonds. The van der Waals surface area contributed by atoms with Gasteiger partial charge in [0.1, 0.15) is 0 Å². The largest absolute Gasteiger partial charge is 0.309 e. The molecule has 3 nitrogen and oxygen atoms in total. The summed E-state index contributed by atoms with van der Waals surface area (Å²) in [5.41, 5.74) is 13.7. The average Bonchev–Trinajstić information content (AvgIpc) is 3.52. The first-order chi connectivity index (χ1) is 21.6. The molecule has 1 aromatic heterocycles. The van der Waals surface area contributed by atoms with Crippen LogP contribution < -0.4 is 0 Å². The summed E-state index contributed by atoms with van der Waals surface area (Å²) >= 11 is 0. The third kappa shape index (κ3) is 4.27. The van der Waals surface area contributed by atoms with Gasteiger partial charge in [0.25, 0.3) is 0 Å². The lowest BCUT2D eigenvalue weighted by molar-refractivity contribution is 0.661. The van der Waals surface area contributed by atoms with Crippen molar-refractivity contribution in [2.45, 2.75) is 32.4 Å². The first-order valence-corrected chi connectivity index (χ1v) is 15.3. The number of nitrogens with zero attached hydrogens (tertiary/aromatic N) is 3. The number of rotatable bonds is 6. The molecule has 0 N–H and O–H groups in total. The predicted octanol–water partition coefficient (Wildman–Crippen LogP) is 10.9. The van der Waals surface area contributed by atoms with Crippen LogP contribution in [0, 0.1) is 0 Å². The van der Waals surface area contributed by atoms with E-state index in [9.17, 15) is 0 Å². The molecule has 0 spiro atoms. The molecule has 8 rings (SSSR count). The molecule has 0 atom stereocenters. The summed E-state index contributed by atoms with van der Waals surface area (Å²) in [6, 6.07) is 50.3. The van der Waals surface area contributed by atoms with E-state index in [1.54, 1.807) is 0 Å². The van der Waals surface area contributed by atoms with E-state index in [4.69, 9.17) is 0 Å². The van der Waals surface area contributed by atoms with Gasteiger partial charge in [-0.2, -0.15) is 10.2 Å². The monoisotopic (exact) mass is 567 g/mol. The standard InChI is InChI=1S/C41H33N3/c1-41(2)36-19-10-9-18-34(36)39-37(41)22-21-33-35-25-31(30-15-7-4-8-16-30)20-23-38(35)44(40(33)39)32-17-11-14-29(24-32)27-43-42-26-28-12-5-3-6-13-28/h3-25H,26-27H2,1-2H3/b43-42-. The molecule has 0 radical (unpaired) electrons. The summed E-state index contributed by atoms with van der Waals surface area (Å²) in [7, 11) is 0. The van der Waals surface area contributed by atoms with Gasteiger partial charge in [0.2, 0.25) is 0 Å². The molecule has 7 aromatic rings. The smallest absolute Gasteiger partial charge is 0.0850 e. The Morgan fingerprint density at radius 3 is 2.07 bits per heavy atom. The maximum Gasteiger partial charge on any atom is 0.0850 e. The summed E-state index contributed by atoms with van der Waals surface area (Å²) in [6.45, 7) is 5.85. The maximum absolute atomic E-state index is 4.55. The Bertz CT molecular complexity index is 2190. The van der Waals surface area contributed by atoms with Gasteiger partial charge in [0.05, 0.1) is 24.1 Å². The van der Waals surface area contributed by atoms with E-state index >= 15 is 0 Å². The van der Waals surface area contributed by atoms with Gasteiger partial charge < -0.3 is 4.57 Å². The summed E-state index contributed by atoms with van der Waals surface area (Å²) in [4.78, 5) is 0. The minimum absolute atomic E-state index is 0.0718. The number of hydrogen-bond donors (Lipinski definition) is 0. The summed E-state index contributed by atoms with van der Waals surface area (Å²) in [5, 5.41) is 11.6. The molecule has 1 heterocycles. The van der Waals surface area contributed by atoms with Gasteiger partial charge in [-0.3, -0.25) is 0 Å². The van der Waals surface area contributed by atoms with Crippen LogP contribution in [0.3, 0.4) is 0 Å². The van der Waals surface area contributed by atoms with E-state index in [0.29, 0.717) is 13.1 Å². The lowest BCUT2D eigenvalue weighted by Crippen LogP contribution is -2.14. The zero-order valence-corrected chi connectivity index (χ0v) is 25.0. The van der Waals surface area contributed by atoms with Crippen molar-refractivity contribution in [2.75, 3.05) is 0 Å². The summed E-state index contributed by atoms with van der Waals surface area (Å²) in [6.07, 6.45) is 0. The number of fused-ring (bicyclic) bond motifs is 7. The van der Waals surface area contributed by atoms with Crippen molar-refractivity contribution < 1.29 is 0 Å². The van der Waals surface area contributed by atoms with E-state index in [0.717, 1.165) is 11.3 Å². The molecule has 1 aliphatic carbocycles. The second-order valence-corrected chi connectivity index (χ2v) is 12.2. The van der Waals surface area contributed by atoms with E-state index in [-0.39, 0.29) is 5.41 Å². The molecule has 0 saturated heterocycles. The van der Waals surface area contributed by atoms with Gasteiger partial charge in [-0.15, -0.1) is 0 Å². The molecular weight excluding hydrogens is 534 g/mol. The van der Waals surface area contributed by atoms with Crippen LogP contribution in [-0.2, 0) is 18.5 Å². The third-order valence-electron chi connectivity index (χ3n) is 9.20. The molecule has 0 bridgehead atoms. The van der Waals surface area contributed by atoms with Crippen LogP contribution in [0.1, 0.15) is 36.1 Å². The van der Waals surface area contributed by atoms with Gasteiger partial charge >= 0.3 is 0 Å². The fraction of sp³-hybridized carbons (Fsp3) is 0.122. The highest BCUT2D eigenvalue weighted by Crippen LogP contribution is 2.53. The maximum atomic E-state index is 4.55. The van der Waals surface area contributed by atoms with E-state index < -0.39 is 0 Å². The fourth-order valence-corrected chi connectivity index (χ4v) is 7.01. The van der Waals surface area contributed by atoms with Crippen LogP contribution in [0.2, 0.25) is 0 Å². The van der Waals surface area contributed by atoms with Crippen LogP contribution in [0.15, 0.2) is 150 Å². The highest BCUT2D eigenvalue weighted by atomic mass is 15.1. The van der Waals surface area contributed by atoms with Gasteiger partial charge in [0, 0.05) is 27.4 Å². The molecule has 3 heteroatoms. The van der Waals surface area contributed by atoms with Crippen LogP contribution >= 0.6 is 0 Å². The van der Waals surface area contributed by atoms with Crippen molar-refractivity contribution >= 4 is 21.8 Å². The first kappa shape index (κ1) is 26.4. The van der Waals surface area contributed by atoms with Crippen molar-refractivity contribution in [1.29, 1.82) is 0 Å². The summed E-state index contributed by atoms with van der Waals surface area (Å²) in [5.74, 6) is 0. The molecule has 0 fully saturated rings. The van der Waals surface area contributed by atoms with Crippen LogP contribution in [0.25, 0.3) is 49.7 Å². The van der Waals surface area contributed by atoms with Gasteiger partial charge in [-0.25, -0.2) is 0 Å². The Balaban J connectivity index is 1.32. The molecule has 44 heavy (non-hydrogen) atoms. The van der Waals surface area contributed by atoms with Crippen LogP contribution in [-0.4, -0.2) is 4.57 Å². The number of azo groups is 1. The fourth-order valence-electron chi connectivity index (χ4n) is 7.01. The Morgan fingerprint density at radius 1 is 0.545 bits per heavy atom. The molecule has 1 aliphatic rings. The molecule has 6 aromatic carbocycles.